The minimum atomic E-state index is -0.989. The number of carbonyl (C=O) groups is 2. The number of nitrogens with one attached hydrogen (secondary N) is 3. The van der Waals surface area contributed by atoms with Crippen molar-refractivity contribution in [2.45, 2.75) is 94.9 Å². The zero-order chi connectivity index (χ0) is 36.8. The van der Waals surface area contributed by atoms with Gasteiger partial charge in [0.05, 0.1) is 17.3 Å². The molecule has 11 heteroatoms. The molecule has 0 bridgehead atoms. The number of phenols is 1. The lowest BCUT2D eigenvalue weighted by Crippen LogP contribution is -2.53. The van der Waals surface area contributed by atoms with E-state index in [0.29, 0.717) is 60.3 Å². The van der Waals surface area contributed by atoms with Gasteiger partial charge in [-0.3, -0.25) is 14.5 Å². The zero-order valence-electron chi connectivity index (χ0n) is 29.8. The van der Waals surface area contributed by atoms with Crippen molar-refractivity contribution in [2.75, 3.05) is 18.0 Å². The van der Waals surface area contributed by atoms with Gasteiger partial charge in [0.1, 0.15) is 5.75 Å². The first-order chi connectivity index (χ1) is 25.0. The summed E-state index contributed by atoms with van der Waals surface area (Å²) in [5.41, 5.74) is 9.59. The molecule has 2 amide bonds. The van der Waals surface area contributed by atoms with Gasteiger partial charge in [-0.05, 0) is 112 Å². The third-order valence-electron chi connectivity index (χ3n) is 11.1. The number of H-pyrrole nitrogens is 1. The van der Waals surface area contributed by atoms with Crippen molar-refractivity contribution in [3.63, 3.8) is 0 Å². The number of anilines is 1. The van der Waals surface area contributed by atoms with E-state index in [9.17, 15) is 29.7 Å². The van der Waals surface area contributed by atoms with E-state index < -0.39 is 17.7 Å². The van der Waals surface area contributed by atoms with Crippen LogP contribution in [-0.4, -0.2) is 63.0 Å². The van der Waals surface area contributed by atoms with Gasteiger partial charge in [-0.25, -0.2) is 4.79 Å². The number of benzene rings is 3. The van der Waals surface area contributed by atoms with Crippen molar-refractivity contribution in [3.05, 3.63) is 94.3 Å². The Morgan fingerprint density at radius 2 is 1.71 bits per heavy atom. The number of aromatic nitrogens is 1. The number of aryl methyl sites for hydroxylation is 1. The molecule has 11 nitrogen and oxygen atoms in total. The number of nitrogens with two attached hydrogens (primary N) is 1. The Morgan fingerprint density at radius 3 is 2.42 bits per heavy atom. The average molecular weight is 710 g/mol. The van der Waals surface area contributed by atoms with E-state index in [1.165, 1.54) is 17.0 Å². The molecule has 8 N–H and O–H groups in total. The molecular weight excluding hydrogens is 658 g/mol. The number of aromatic hydroxyl groups is 1. The molecule has 0 radical (unpaired) electrons. The standard InChI is InChI=1S/C41H51N5O6/c1-41(21-19-29(42)20-22-41)46(40(51)52)34-23-26(9-13-31(34)28-5-3-2-4-6-28)10-17-37(49)44-30-11-7-27(8-12-30)24-43-25-36(48)32-14-16-35(47)39-33(32)15-18-38(50)45-39/h2-6,9,13-16,18,23,27,29-30,36,43,47-48H,7-8,10-12,17,19-22,24-25,42H2,1H3,(H,44,49)(H,45,50)(H,51,52)/t27?,29?,30?,36-,41?/m0/s1. The second-order valence-corrected chi connectivity index (χ2v) is 14.9. The maximum absolute atomic E-state index is 13.1. The number of amides is 2. The Kier molecular flexibility index (Phi) is 11.6. The molecule has 4 aromatic rings. The number of rotatable bonds is 12. The summed E-state index contributed by atoms with van der Waals surface area (Å²) in [6, 6.07) is 22.1. The van der Waals surface area contributed by atoms with E-state index in [1.54, 1.807) is 12.1 Å². The van der Waals surface area contributed by atoms with Gasteiger partial charge in [0.15, 0.2) is 0 Å². The molecule has 3 aromatic carbocycles. The number of phenolic OH excluding ortho intramolecular Hbond substituents is 1. The van der Waals surface area contributed by atoms with Crippen LogP contribution in [0.1, 0.15) is 81.9 Å². The minimum absolute atomic E-state index is 0.0100. The Hall–Kier alpha value is -4.71. The number of aromatic amines is 1. The van der Waals surface area contributed by atoms with Crippen LogP contribution in [0.2, 0.25) is 0 Å². The topological polar surface area (TPSA) is 181 Å². The lowest BCUT2D eigenvalue weighted by atomic mass is 9.79. The number of pyridine rings is 1. The highest BCUT2D eigenvalue weighted by Crippen LogP contribution is 2.41. The lowest BCUT2D eigenvalue weighted by Gasteiger charge is -2.44. The van der Waals surface area contributed by atoms with E-state index in [-0.39, 0.29) is 29.3 Å². The molecule has 2 aliphatic rings. The average Bonchev–Trinajstić information content (AvgIpc) is 3.13. The lowest BCUT2D eigenvalue weighted by molar-refractivity contribution is -0.122. The number of carboxylic acid groups (broad SMARTS) is 1. The maximum Gasteiger partial charge on any atom is 0.412 e. The third-order valence-corrected chi connectivity index (χ3v) is 11.1. The van der Waals surface area contributed by atoms with E-state index in [4.69, 9.17) is 5.73 Å². The van der Waals surface area contributed by atoms with Gasteiger partial charge in [0.25, 0.3) is 0 Å². The highest BCUT2D eigenvalue weighted by molar-refractivity contribution is 5.94. The van der Waals surface area contributed by atoms with Crippen LogP contribution >= 0.6 is 0 Å². The fourth-order valence-electron chi connectivity index (χ4n) is 8.04. The van der Waals surface area contributed by atoms with Crippen molar-refractivity contribution in [1.29, 1.82) is 0 Å². The summed E-state index contributed by atoms with van der Waals surface area (Å²) < 4.78 is 0. The van der Waals surface area contributed by atoms with Crippen molar-refractivity contribution < 1.29 is 24.9 Å². The molecule has 0 saturated heterocycles. The van der Waals surface area contributed by atoms with Gasteiger partial charge in [-0.2, -0.15) is 0 Å². The molecule has 1 heterocycles. The number of aliphatic hydroxyl groups excluding tert-OH is 1. The summed E-state index contributed by atoms with van der Waals surface area (Å²) in [5.74, 6) is 0.378. The fraction of sp³-hybridized carbons (Fsp3) is 0.439. The van der Waals surface area contributed by atoms with Gasteiger partial charge in [-0.1, -0.05) is 48.5 Å². The molecule has 1 atom stereocenters. The Labute approximate surface area is 304 Å². The Morgan fingerprint density at radius 1 is 0.981 bits per heavy atom. The van der Waals surface area contributed by atoms with Crippen LogP contribution in [0.15, 0.2) is 77.6 Å². The van der Waals surface area contributed by atoms with Crippen LogP contribution in [0, 0.1) is 5.92 Å². The van der Waals surface area contributed by atoms with Crippen molar-refractivity contribution in [1.82, 2.24) is 15.6 Å². The first-order valence-electron chi connectivity index (χ1n) is 18.5. The van der Waals surface area contributed by atoms with Gasteiger partial charge >= 0.3 is 6.09 Å². The van der Waals surface area contributed by atoms with Gasteiger partial charge in [0.2, 0.25) is 11.5 Å². The smallest absolute Gasteiger partial charge is 0.412 e. The number of aliphatic hydroxyl groups is 1. The number of carbonyl (C=O) groups excluding carboxylic acids is 1. The second kappa shape index (κ2) is 16.3. The summed E-state index contributed by atoms with van der Waals surface area (Å²) in [5, 5.41) is 38.8. The van der Waals surface area contributed by atoms with Crippen LogP contribution < -0.4 is 26.8 Å². The SMILES string of the molecule is CC1(N(C(=O)O)c2cc(CCC(=O)NC3CCC(CNC[C@H](O)c4ccc(O)c5[nH]c(=O)ccc45)CC3)ccc2-c2ccccc2)CCC(N)CC1. The number of hydrogen-bond donors (Lipinski definition) is 7. The molecule has 2 aliphatic carbocycles. The van der Waals surface area contributed by atoms with Crippen molar-refractivity contribution >= 4 is 28.6 Å². The number of hydrogen-bond acceptors (Lipinski definition) is 7. The first-order valence-corrected chi connectivity index (χ1v) is 18.5. The van der Waals surface area contributed by atoms with Crippen molar-refractivity contribution in [2.24, 2.45) is 11.7 Å². The third kappa shape index (κ3) is 8.66. The molecule has 6 rings (SSSR count). The van der Waals surface area contributed by atoms with E-state index >= 15 is 0 Å². The predicted octanol–water partition coefficient (Wildman–Crippen LogP) is 5.98. The van der Waals surface area contributed by atoms with Gasteiger partial charge in [0, 0.05) is 47.6 Å². The van der Waals surface area contributed by atoms with E-state index in [1.807, 2.05) is 55.5 Å². The summed E-state index contributed by atoms with van der Waals surface area (Å²) in [7, 11) is 0. The van der Waals surface area contributed by atoms with Crippen LogP contribution in [0.5, 0.6) is 5.75 Å². The first kappa shape index (κ1) is 37.1. The Bertz CT molecular complexity index is 1910. The molecule has 1 aromatic heterocycles. The largest absolute Gasteiger partial charge is 0.506 e. The molecule has 0 aliphatic heterocycles. The molecule has 52 heavy (non-hydrogen) atoms. The fourth-order valence-corrected chi connectivity index (χ4v) is 8.04. The monoisotopic (exact) mass is 709 g/mol. The number of fused-ring (bicyclic) bond motifs is 1. The van der Waals surface area contributed by atoms with E-state index in [2.05, 4.69) is 15.6 Å². The second-order valence-electron chi connectivity index (χ2n) is 14.9. The minimum Gasteiger partial charge on any atom is -0.506 e. The molecule has 0 spiro atoms. The summed E-state index contributed by atoms with van der Waals surface area (Å²) in [4.78, 5) is 41.9. The van der Waals surface area contributed by atoms with Gasteiger partial charge < -0.3 is 36.7 Å². The highest BCUT2D eigenvalue weighted by atomic mass is 16.4. The molecule has 0 unspecified atom stereocenters. The molecule has 2 saturated carbocycles. The van der Waals surface area contributed by atoms with Crippen LogP contribution in [-0.2, 0) is 11.2 Å². The summed E-state index contributed by atoms with van der Waals surface area (Å²) in [6.45, 7) is 3.09. The summed E-state index contributed by atoms with van der Waals surface area (Å²) in [6.07, 6.45) is 5.58. The van der Waals surface area contributed by atoms with Crippen molar-refractivity contribution in [3.8, 4) is 16.9 Å². The highest BCUT2D eigenvalue weighted by Gasteiger charge is 2.40. The Balaban J connectivity index is 1.01. The summed E-state index contributed by atoms with van der Waals surface area (Å²) >= 11 is 0. The molecule has 2 fully saturated rings. The molecule has 276 valence electrons. The maximum atomic E-state index is 13.1. The molecular formula is C41H51N5O6. The quantitative estimate of drug-likeness (QED) is 0.0939. The number of nitrogens with zero attached hydrogens (tertiary/aromatic N) is 1. The van der Waals surface area contributed by atoms with E-state index in [0.717, 1.165) is 61.8 Å². The van der Waals surface area contributed by atoms with Gasteiger partial charge in [-0.15, -0.1) is 0 Å². The van der Waals surface area contributed by atoms with Crippen LogP contribution in [0.3, 0.4) is 0 Å². The van der Waals surface area contributed by atoms with Crippen LogP contribution in [0.25, 0.3) is 22.0 Å². The zero-order valence-corrected chi connectivity index (χ0v) is 29.8. The van der Waals surface area contributed by atoms with Crippen LogP contribution in [0.4, 0.5) is 10.5 Å². The predicted molar refractivity (Wildman–Crippen MR) is 204 cm³/mol. The normalized spacial score (nSPS) is 22.5.